The molecule has 0 bridgehead atoms. The summed E-state index contributed by atoms with van der Waals surface area (Å²) in [5.41, 5.74) is 0.901. The summed E-state index contributed by atoms with van der Waals surface area (Å²) < 4.78 is 0. The molecule has 2 amide bonds. The van der Waals surface area contributed by atoms with Crippen molar-refractivity contribution in [2.75, 3.05) is 0 Å². The van der Waals surface area contributed by atoms with E-state index in [2.05, 4.69) is 16.6 Å². The number of hydrogen-bond donors (Lipinski definition) is 3. The van der Waals surface area contributed by atoms with Crippen LogP contribution >= 0.6 is 0 Å². The van der Waals surface area contributed by atoms with Crippen LogP contribution in [-0.2, 0) is 6.54 Å². The van der Waals surface area contributed by atoms with Gasteiger partial charge in [0, 0.05) is 6.54 Å². The first-order valence-electron chi connectivity index (χ1n) is 5.89. The summed E-state index contributed by atoms with van der Waals surface area (Å²) >= 11 is 0. The molecule has 1 atom stereocenters. The van der Waals surface area contributed by atoms with Gasteiger partial charge in [0.25, 0.3) is 0 Å². The third-order valence-electron chi connectivity index (χ3n) is 2.54. The lowest BCUT2D eigenvalue weighted by atomic mass is 10.1. The van der Waals surface area contributed by atoms with Crippen molar-refractivity contribution in [2.45, 2.75) is 25.9 Å². The number of benzene rings is 1. The monoisotopic (exact) mass is 260 g/mol. The standard InChI is InChI=1S/C14H16N2O3/c1-3-12(4-2)16-14(19)15-9-10-6-5-7-11(8-10)13(17)18/h1,5-8,12H,4,9H2,2H3,(H,17,18)(H2,15,16,19). The molecule has 0 spiro atoms. The minimum Gasteiger partial charge on any atom is -0.478 e. The van der Waals surface area contributed by atoms with Crippen LogP contribution in [0.1, 0.15) is 29.3 Å². The lowest BCUT2D eigenvalue weighted by molar-refractivity contribution is 0.0696. The van der Waals surface area contributed by atoms with Crippen molar-refractivity contribution in [3.05, 3.63) is 35.4 Å². The van der Waals surface area contributed by atoms with E-state index in [1.54, 1.807) is 12.1 Å². The lowest BCUT2D eigenvalue weighted by Gasteiger charge is -2.12. The predicted octanol–water partition coefficient (Wildman–Crippen LogP) is 1.60. The fraction of sp³-hybridized carbons (Fsp3) is 0.286. The van der Waals surface area contributed by atoms with Gasteiger partial charge in [-0.05, 0) is 24.1 Å². The molecule has 0 radical (unpaired) electrons. The molecule has 1 rings (SSSR count). The first-order chi connectivity index (χ1) is 9.06. The van der Waals surface area contributed by atoms with Crippen LogP contribution in [0.2, 0.25) is 0 Å². The number of terminal acetylenes is 1. The molecule has 1 unspecified atom stereocenters. The molecule has 19 heavy (non-hydrogen) atoms. The van der Waals surface area contributed by atoms with E-state index in [0.29, 0.717) is 12.0 Å². The van der Waals surface area contributed by atoms with Crippen LogP contribution in [0, 0.1) is 12.3 Å². The number of nitrogens with one attached hydrogen (secondary N) is 2. The maximum atomic E-state index is 11.5. The predicted molar refractivity (Wildman–Crippen MR) is 71.7 cm³/mol. The quantitative estimate of drug-likeness (QED) is 0.703. The molecular weight excluding hydrogens is 244 g/mol. The highest BCUT2D eigenvalue weighted by Gasteiger charge is 2.07. The highest BCUT2D eigenvalue weighted by Crippen LogP contribution is 2.05. The van der Waals surface area contributed by atoms with E-state index in [9.17, 15) is 9.59 Å². The van der Waals surface area contributed by atoms with E-state index in [1.807, 2.05) is 6.92 Å². The van der Waals surface area contributed by atoms with E-state index in [0.717, 1.165) is 0 Å². The van der Waals surface area contributed by atoms with Gasteiger partial charge in [0.1, 0.15) is 0 Å². The Hall–Kier alpha value is -2.48. The second kappa shape index (κ2) is 7.07. The van der Waals surface area contributed by atoms with Crippen molar-refractivity contribution in [3.8, 4) is 12.3 Å². The summed E-state index contributed by atoms with van der Waals surface area (Å²) in [6, 6.07) is 5.72. The molecule has 100 valence electrons. The summed E-state index contributed by atoms with van der Waals surface area (Å²) in [5, 5.41) is 14.1. The van der Waals surface area contributed by atoms with Crippen molar-refractivity contribution in [1.82, 2.24) is 10.6 Å². The highest BCUT2D eigenvalue weighted by molar-refractivity contribution is 5.87. The summed E-state index contributed by atoms with van der Waals surface area (Å²) in [7, 11) is 0. The van der Waals surface area contributed by atoms with E-state index >= 15 is 0 Å². The van der Waals surface area contributed by atoms with Gasteiger partial charge in [-0.2, -0.15) is 0 Å². The average molecular weight is 260 g/mol. The Morgan fingerprint density at radius 1 is 1.47 bits per heavy atom. The zero-order valence-electron chi connectivity index (χ0n) is 10.6. The topological polar surface area (TPSA) is 78.4 Å². The molecule has 0 aliphatic heterocycles. The largest absolute Gasteiger partial charge is 0.478 e. The van der Waals surface area contributed by atoms with Crippen LogP contribution in [0.25, 0.3) is 0 Å². The van der Waals surface area contributed by atoms with Crippen molar-refractivity contribution in [3.63, 3.8) is 0 Å². The van der Waals surface area contributed by atoms with Crippen LogP contribution in [0.3, 0.4) is 0 Å². The summed E-state index contributed by atoms with van der Waals surface area (Å²) in [6.07, 6.45) is 5.89. The number of carboxylic acids is 1. The Morgan fingerprint density at radius 2 is 2.21 bits per heavy atom. The Labute approximate surface area is 112 Å². The van der Waals surface area contributed by atoms with E-state index in [-0.39, 0.29) is 24.2 Å². The molecular formula is C14H16N2O3. The third-order valence-corrected chi connectivity index (χ3v) is 2.54. The molecule has 1 aromatic carbocycles. The van der Waals surface area contributed by atoms with Gasteiger partial charge in [0.2, 0.25) is 0 Å². The molecule has 0 saturated heterocycles. The van der Waals surface area contributed by atoms with Gasteiger partial charge >= 0.3 is 12.0 Å². The maximum absolute atomic E-state index is 11.5. The van der Waals surface area contributed by atoms with E-state index < -0.39 is 5.97 Å². The van der Waals surface area contributed by atoms with Crippen LogP contribution in [0.15, 0.2) is 24.3 Å². The van der Waals surface area contributed by atoms with Crippen LogP contribution in [-0.4, -0.2) is 23.1 Å². The minimum atomic E-state index is -0.996. The third kappa shape index (κ3) is 4.72. The molecule has 0 aliphatic rings. The van der Waals surface area contributed by atoms with Gasteiger partial charge in [-0.1, -0.05) is 25.0 Å². The van der Waals surface area contributed by atoms with Gasteiger partial charge in [-0.3, -0.25) is 0 Å². The number of carbonyl (C=O) groups is 2. The van der Waals surface area contributed by atoms with Gasteiger partial charge < -0.3 is 15.7 Å². The second-order valence-electron chi connectivity index (χ2n) is 3.96. The van der Waals surface area contributed by atoms with E-state index in [4.69, 9.17) is 11.5 Å². The van der Waals surface area contributed by atoms with Crippen molar-refractivity contribution in [1.29, 1.82) is 0 Å². The molecule has 0 aliphatic carbocycles. The van der Waals surface area contributed by atoms with Gasteiger partial charge in [-0.25, -0.2) is 9.59 Å². The van der Waals surface area contributed by atoms with E-state index in [1.165, 1.54) is 12.1 Å². The second-order valence-corrected chi connectivity index (χ2v) is 3.96. The summed E-state index contributed by atoms with van der Waals surface area (Å²) in [6.45, 7) is 2.12. The number of carbonyl (C=O) groups excluding carboxylic acids is 1. The summed E-state index contributed by atoms with van der Waals surface area (Å²) in [4.78, 5) is 22.3. The number of amides is 2. The first kappa shape index (κ1) is 14.6. The summed E-state index contributed by atoms with van der Waals surface area (Å²) in [5.74, 6) is 1.46. The molecule has 3 N–H and O–H groups in total. The SMILES string of the molecule is C#CC(CC)NC(=O)NCc1cccc(C(=O)O)c1. The molecule has 0 heterocycles. The first-order valence-corrected chi connectivity index (χ1v) is 5.89. The molecule has 0 saturated carbocycles. The fourth-order valence-electron chi connectivity index (χ4n) is 1.47. The minimum absolute atomic E-state index is 0.190. The number of rotatable bonds is 5. The van der Waals surface area contributed by atoms with Gasteiger partial charge in [0.15, 0.2) is 0 Å². The Kier molecular flexibility index (Phi) is 5.42. The number of hydrogen-bond acceptors (Lipinski definition) is 2. The average Bonchev–Trinajstić information content (AvgIpc) is 2.42. The molecule has 0 aromatic heterocycles. The van der Waals surface area contributed by atoms with Gasteiger partial charge in [0.05, 0.1) is 11.6 Å². The number of urea groups is 1. The zero-order chi connectivity index (χ0) is 14.3. The molecule has 0 fully saturated rings. The Balaban J connectivity index is 2.53. The Bertz CT molecular complexity index is 506. The van der Waals surface area contributed by atoms with Crippen LogP contribution in [0.5, 0.6) is 0 Å². The molecule has 5 heteroatoms. The normalized spacial score (nSPS) is 11.2. The maximum Gasteiger partial charge on any atom is 0.335 e. The van der Waals surface area contributed by atoms with Gasteiger partial charge in [-0.15, -0.1) is 6.42 Å². The van der Waals surface area contributed by atoms with Crippen LogP contribution in [0.4, 0.5) is 4.79 Å². The number of carboxylic acid groups (broad SMARTS) is 1. The Morgan fingerprint density at radius 3 is 2.79 bits per heavy atom. The molecule has 5 nitrogen and oxygen atoms in total. The van der Waals surface area contributed by atoms with Crippen molar-refractivity contribution in [2.24, 2.45) is 0 Å². The lowest BCUT2D eigenvalue weighted by Crippen LogP contribution is -2.40. The fourth-order valence-corrected chi connectivity index (χ4v) is 1.47. The van der Waals surface area contributed by atoms with Crippen molar-refractivity contribution < 1.29 is 14.7 Å². The smallest absolute Gasteiger partial charge is 0.335 e. The zero-order valence-corrected chi connectivity index (χ0v) is 10.6. The highest BCUT2D eigenvalue weighted by atomic mass is 16.4. The molecule has 1 aromatic rings. The van der Waals surface area contributed by atoms with Crippen LogP contribution < -0.4 is 10.6 Å². The van der Waals surface area contributed by atoms with Crippen molar-refractivity contribution >= 4 is 12.0 Å². The number of aromatic carboxylic acids is 1.